The summed E-state index contributed by atoms with van der Waals surface area (Å²) in [4.78, 5) is 35.5. The van der Waals surface area contributed by atoms with Crippen molar-refractivity contribution < 1.29 is 24.2 Å². The lowest BCUT2D eigenvalue weighted by atomic mass is 10.1. The molecule has 0 atom stereocenters. The lowest BCUT2D eigenvalue weighted by molar-refractivity contribution is 0.0358. The van der Waals surface area contributed by atoms with Crippen LogP contribution >= 0.6 is 46.1 Å². The molecule has 3 heterocycles. The van der Waals surface area contributed by atoms with Gasteiger partial charge in [-0.2, -0.15) is 0 Å². The fourth-order valence-electron chi connectivity index (χ4n) is 4.28. The Hall–Kier alpha value is -2.48. The molecule has 3 N–H and O–H groups in total. The van der Waals surface area contributed by atoms with E-state index in [4.69, 9.17) is 44.3 Å². The minimum atomic E-state index is -0.551. The van der Waals surface area contributed by atoms with E-state index in [1.54, 1.807) is 23.6 Å². The highest BCUT2D eigenvalue weighted by Crippen LogP contribution is 2.36. The molecule has 0 bridgehead atoms. The highest BCUT2D eigenvalue weighted by Gasteiger charge is 2.24. The number of aromatic nitrogens is 1. The molecule has 0 unspecified atom stereocenters. The topological polar surface area (TPSA) is 116 Å². The summed E-state index contributed by atoms with van der Waals surface area (Å²) in [7, 11) is 1.85. The number of thiophene rings is 1. The lowest BCUT2D eigenvalue weighted by Gasteiger charge is -2.26. The van der Waals surface area contributed by atoms with E-state index in [1.807, 2.05) is 11.9 Å². The van der Waals surface area contributed by atoms with Crippen molar-refractivity contribution >= 4 is 69.5 Å². The first kappa shape index (κ1) is 32.4. The van der Waals surface area contributed by atoms with Crippen molar-refractivity contribution in [1.82, 2.24) is 14.8 Å². The van der Waals surface area contributed by atoms with E-state index in [1.165, 1.54) is 23.6 Å². The third-order valence-electron chi connectivity index (χ3n) is 6.43. The van der Waals surface area contributed by atoms with E-state index in [-0.39, 0.29) is 39.3 Å². The Kier molecular flexibility index (Phi) is 12.2. The van der Waals surface area contributed by atoms with Crippen LogP contribution in [0.15, 0.2) is 35.8 Å². The van der Waals surface area contributed by atoms with Crippen LogP contribution in [0.3, 0.4) is 0 Å². The van der Waals surface area contributed by atoms with E-state index in [2.05, 4.69) is 20.5 Å². The molecule has 1 saturated heterocycles. The first-order valence-electron chi connectivity index (χ1n) is 13.3. The summed E-state index contributed by atoms with van der Waals surface area (Å²) in [5, 5.41) is 17.5. The van der Waals surface area contributed by atoms with Crippen LogP contribution in [0.5, 0.6) is 5.75 Å². The number of anilines is 2. The zero-order chi connectivity index (χ0) is 30.1. The molecule has 0 spiro atoms. The van der Waals surface area contributed by atoms with Gasteiger partial charge >= 0.3 is 0 Å². The van der Waals surface area contributed by atoms with E-state index >= 15 is 0 Å². The number of carbonyl (C=O) groups is 2. The molecule has 0 aliphatic carbocycles. The Balaban J connectivity index is 1.57. The van der Waals surface area contributed by atoms with Crippen molar-refractivity contribution in [2.45, 2.75) is 13.0 Å². The van der Waals surface area contributed by atoms with Gasteiger partial charge in [0.25, 0.3) is 11.8 Å². The molecule has 1 aliphatic heterocycles. The van der Waals surface area contributed by atoms with Gasteiger partial charge in [0.1, 0.15) is 16.4 Å². The highest BCUT2D eigenvalue weighted by atomic mass is 35.5. The van der Waals surface area contributed by atoms with Gasteiger partial charge in [0.15, 0.2) is 0 Å². The molecular formula is C28H32Cl3N5O5S. The van der Waals surface area contributed by atoms with Gasteiger partial charge in [-0.25, -0.2) is 4.98 Å². The van der Waals surface area contributed by atoms with Gasteiger partial charge in [-0.1, -0.05) is 34.8 Å². The summed E-state index contributed by atoms with van der Waals surface area (Å²) in [5.74, 6) is -0.528. The van der Waals surface area contributed by atoms with E-state index in [0.717, 1.165) is 31.6 Å². The molecule has 14 heteroatoms. The van der Waals surface area contributed by atoms with Gasteiger partial charge in [0, 0.05) is 50.0 Å². The Morgan fingerprint density at radius 3 is 2.64 bits per heavy atom. The van der Waals surface area contributed by atoms with Crippen molar-refractivity contribution in [3.05, 3.63) is 66.9 Å². The van der Waals surface area contributed by atoms with Crippen LogP contribution in [0.2, 0.25) is 15.1 Å². The number of rotatable bonds is 13. The molecule has 4 rings (SSSR count). The SMILES string of the molecule is CN(CCO)Cc1csc(C(=O)Nc2c(OCCCN3CCOCC3)cc(Cl)cc2C(=O)Nc2ccc(Cl)cn2)c1Cl. The summed E-state index contributed by atoms with van der Waals surface area (Å²) in [5.41, 5.74) is 1.00. The average molecular weight is 657 g/mol. The van der Waals surface area contributed by atoms with Crippen molar-refractivity contribution in [2.75, 3.05) is 70.3 Å². The molecular weight excluding hydrogens is 625 g/mol. The number of carbonyl (C=O) groups excluding carboxylic acids is 2. The normalized spacial score (nSPS) is 13.8. The Morgan fingerprint density at radius 1 is 1.14 bits per heavy atom. The van der Waals surface area contributed by atoms with Crippen LogP contribution in [0.25, 0.3) is 0 Å². The first-order chi connectivity index (χ1) is 20.2. The number of nitrogens with one attached hydrogen (secondary N) is 2. The second-order valence-electron chi connectivity index (χ2n) is 9.62. The van der Waals surface area contributed by atoms with Gasteiger partial charge in [0.05, 0.1) is 47.7 Å². The van der Waals surface area contributed by atoms with Crippen LogP contribution in [-0.4, -0.2) is 91.4 Å². The van der Waals surface area contributed by atoms with Crippen molar-refractivity contribution in [3.8, 4) is 5.75 Å². The van der Waals surface area contributed by atoms with Crippen molar-refractivity contribution in [2.24, 2.45) is 0 Å². The lowest BCUT2D eigenvalue weighted by Crippen LogP contribution is -2.37. The predicted octanol–water partition coefficient (Wildman–Crippen LogP) is 5.13. The minimum Gasteiger partial charge on any atom is -0.491 e. The molecule has 1 fully saturated rings. The largest absolute Gasteiger partial charge is 0.491 e. The molecule has 0 saturated carbocycles. The fourth-order valence-corrected chi connectivity index (χ4v) is 5.85. The molecule has 3 aromatic rings. The average Bonchev–Trinajstić information content (AvgIpc) is 3.33. The number of hydrogen-bond donors (Lipinski definition) is 3. The quantitative estimate of drug-likeness (QED) is 0.217. The maximum Gasteiger partial charge on any atom is 0.267 e. The third-order valence-corrected chi connectivity index (χ3v) is 8.44. The molecule has 0 radical (unpaired) electrons. The number of amides is 2. The summed E-state index contributed by atoms with van der Waals surface area (Å²) < 4.78 is 11.5. The van der Waals surface area contributed by atoms with Gasteiger partial charge < -0.3 is 25.2 Å². The zero-order valence-electron chi connectivity index (χ0n) is 23.0. The number of morpholine rings is 1. The van der Waals surface area contributed by atoms with Gasteiger partial charge in [0.2, 0.25) is 0 Å². The van der Waals surface area contributed by atoms with Crippen molar-refractivity contribution in [1.29, 1.82) is 0 Å². The van der Waals surface area contributed by atoms with Crippen molar-refractivity contribution in [3.63, 3.8) is 0 Å². The van der Waals surface area contributed by atoms with Crippen LogP contribution in [0, 0.1) is 0 Å². The number of nitrogens with zero attached hydrogens (tertiary/aromatic N) is 3. The second kappa shape index (κ2) is 15.8. The number of aliphatic hydroxyl groups excluding tert-OH is 1. The third kappa shape index (κ3) is 9.01. The maximum atomic E-state index is 13.5. The van der Waals surface area contributed by atoms with Gasteiger partial charge in [-0.15, -0.1) is 11.3 Å². The van der Waals surface area contributed by atoms with Crippen LogP contribution in [0.1, 0.15) is 32.0 Å². The number of likely N-dealkylation sites (N-methyl/N-ethyl adjacent to an activating group) is 1. The van der Waals surface area contributed by atoms with Crippen LogP contribution in [0.4, 0.5) is 11.5 Å². The van der Waals surface area contributed by atoms with E-state index < -0.39 is 11.8 Å². The Labute approximate surface area is 263 Å². The second-order valence-corrected chi connectivity index (χ2v) is 11.7. The summed E-state index contributed by atoms with van der Waals surface area (Å²) in [6, 6.07) is 6.18. The molecule has 1 aliphatic rings. The molecule has 2 aromatic heterocycles. The molecule has 42 heavy (non-hydrogen) atoms. The first-order valence-corrected chi connectivity index (χ1v) is 15.3. The molecule has 2 amide bonds. The zero-order valence-corrected chi connectivity index (χ0v) is 26.1. The standard InChI is InChI=1S/C28H32Cl3N5O5S/c1-35(6-9-37)16-18-17-42-26(24(18)31)28(39)34-25-21(27(38)33-23-4-3-19(29)15-32-23)13-20(30)14-22(25)41-10-2-5-36-7-11-40-12-8-36/h3-4,13-15,17,37H,2,5-12,16H2,1H3,(H,34,39)(H,32,33,38). The predicted molar refractivity (Wildman–Crippen MR) is 167 cm³/mol. The van der Waals surface area contributed by atoms with Gasteiger partial charge in [-0.05, 0) is 42.6 Å². The monoisotopic (exact) mass is 655 g/mol. The number of hydrogen-bond acceptors (Lipinski definition) is 9. The highest BCUT2D eigenvalue weighted by molar-refractivity contribution is 7.13. The fraction of sp³-hybridized carbons (Fsp3) is 0.393. The number of pyridine rings is 1. The molecule has 226 valence electrons. The van der Waals surface area contributed by atoms with Gasteiger partial charge in [-0.3, -0.25) is 19.4 Å². The number of aliphatic hydroxyl groups is 1. The summed E-state index contributed by atoms with van der Waals surface area (Å²) >= 11 is 20.1. The van der Waals surface area contributed by atoms with E-state index in [0.29, 0.717) is 43.0 Å². The molecule has 1 aromatic carbocycles. The smallest absolute Gasteiger partial charge is 0.267 e. The molecule has 10 nitrogen and oxygen atoms in total. The van der Waals surface area contributed by atoms with Crippen LogP contribution in [-0.2, 0) is 11.3 Å². The Morgan fingerprint density at radius 2 is 1.93 bits per heavy atom. The number of ether oxygens (including phenoxy) is 2. The Bertz CT molecular complexity index is 1370. The minimum absolute atomic E-state index is 0.00771. The summed E-state index contributed by atoms with van der Waals surface area (Å²) in [6.07, 6.45) is 2.13. The summed E-state index contributed by atoms with van der Waals surface area (Å²) in [6.45, 7) is 5.22. The van der Waals surface area contributed by atoms with E-state index in [9.17, 15) is 14.7 Å². The van der Waals surface area contributed by atoms with Crippen LogP contribution < -0.4 is 15.4 Å². The number of benzene rings is 1. The maximum absolute atomic E-state index is 13.5. The number of halogens is 3.